The second kappa shape index (κ2) is 7.72. The van der Waals surface area contributed by atoms with E-state index in [-0.39, 0.29) is 0 Å². The zero-order chi connectivity index (χ0) is 14.4. The number of hydrogen-bond acceptors (Lipinski definition) is 4. The third-order valence-electron chi connectivity index (χ3n) is 3.63. The molecule has 0 aliphatic carbocycles. The van der Waals surface area contributed by atoms with Crippen molar-refractivity contribution < 1.29 is 14.2 Å². The largest absolute Gasteiger partial charge is 0.493 e. The van der Waals surface area contributed by atoms with Gasteiger partial charge >= 0.3 is 0 Å². The van der Waals surface area contributed by atoms with Crippen molar-refractivity contribution in [3.63, 3.8) is 0 Å². The molecule has 1 unspecified atom stereocenters. The van der Waals surface area contributed by atoms with E-state index < -0.39 is 0 Å². The lowest BCUT2D eigenvalue weighted by Gasteiger charge is -2.14. The van der Waals surface area contributed by atoms with E-state index in [9.17, 15) is 0 Å². The quantitative estimate of drug-likeness (QED) is 0.786. The maximum Gasteiger partial charge on any atom is 0.179 e. The summed E-state index contributed by atoms with van der Waals surface area (Å²) in [6.45, 7) is 3.51. The van der Waals surface area contributed by atoms with Gasteiger partial charge in [-0.1, -0.05) is 17.7 Å². The standard InChI is InChI=1S/C15H22ClNO3/c1-18-13-4-3-12(14(16)15(13)19-2)9-17-7-5-11-6-8-20-10-11/h3-4,11,17H,5-10H2,1-2H3. The van der Waals surface area contributed by atoms with Crippen LogP contribution < -0.4 is 14.8 Å². The summed E-state index contributed by atoms with van der Waals surface area (Å²) >= 11 is 6.33. The Bertz CT molecular complexity index is 433. The average molecular weight is 300 g/mol. The van der Waals surface area contributed by atoms with E-state index in [1.807, 2.05) is 12.1 Å². The molecule has 1 heterocycles. The summed E-state index contributed by atoms with van der Waals surface area (Å²) in [4.78, 5) is 0. The highest BCUT2D eigenvalue weighted by molar-refractivity contribution is 6.33. The molecule has 1 aliphatic rings. The molecule has 1 aliphatic heterocycles. The number of methoxy groups -OCH3 is 2. The monoisotopic (exact) mass is 299 g/mol. The number of nitrogens with one attached hydrogen (secondary N) is 1. The fourth-order valence-corrected chi connectivity index (χ4v) is 2.71. The van der Waals surface area contributed by atoms with Crippen LogP contribution in [-0.2, 0) is 11.3 Å². The van der Waals surface area contributed by atoms with Gasteiger partial charge in [0.25, 0.3) is 0 Å². The first kappa shape index (κ1) is 15.4. The van der Waals surface area contributed by atoms with E-state index in [1.54, 1.807) is 14.2 Å². The average Bonchev–Trinajstić information content (AvgIpc) is 2.97. The van der Waals surface area contributed by atoms with Crippen molar-refractivity contribution >= 4 is 11.6 Å². The van der Waals surface area contributed by atoms with Gasteiger partial charge in [0.1, 0.15) is 0 Å². The Balaban J connectivity index is 1.85. The molecule has 1 aromatic rings. The van der Waals surface area contributed by atoms with Crippen LogP contribution in [0.1, 0.15) is 18.4 Å². The highest BCUT2D eigenvalue weighted by atomic mass is 35.5. The van der Waals surface area contributed by atoms with Crippen LogP contribution >= 0.6 is 11.6 Å². The van der Waals surface area contributed by atoms with Crippen molar-refractivity contribution in [3.8, 4) is 11.5 Å². The fourth-order valence-electron chi connectivity index (χ4n) is 2.41. The Morgan fingerprint density at radius 3 is 2.85 bits per heavy atom. The van der Waals surface area contributed by atoms with Crippen molar-refractivity contribution in [1.82, 2.24) is 5.32 Å². The van der Waals surface area contributed by atoms with Crippen LogP contribution in [0.15, 0.2) is 12.1 Å². The van der Waals surface area contributed by atoms with Crippen LogP contribution in [0.25, 0.3) is 0 Å². The summed E-state index contributed by atoms with van der Waals surface area (Å²) < 4.78 is 15.9. The lowest BCUT2D eigenvalue weighted by Crippen LogP contribution is -2.18. The Morgan fingerprint density at radius 2 is 2.20 bits per heavy atom. The van der Waals surface area contributed by atoms with Gasteiger partial charge in [0.2, 0.25) is 0 Å². The summed E-state index contributed by atoms with van der Waals surface area (Å²) in [6, 6.07) is 3.85. The summed E-state index contributed by atoms with van der Waals surface area (Å²) in [5.41, 5.74) is 1.02. The van der Waals surface area contributed by atoms with E-state index in [1.165, 1.54) is 6.42 Å². The summed E-state index contributed by atoms with van der Waals surface area (Å²) in [5.74, 6) is 1.95. The molecule has 5 heteroatoms. The lowest BCUT2D eigenvalue weighted by molar-refractivity contribution is 0.184. The molecule has 1 aromatic carbocycles. The molecule has 2 rings (SSSR count). The SMILES string of the molecule is COc1ccc(CNCCC2CCOC2)c(Cl)c1OC. The first-order chi connectivity index (χ1) is 9.76. The van der Waals surface area contributed by atoms with Gasteiger partial charge in [-0.25, -0.2) is 0 Å². The molecular weight excluding hydrogens is 278 g/mol. The minimum absolute atomic E-state index is 0.595. The molecule has 0 aromatic heterocycles. The highest BCUT2D eigenvalue weighted by Crippen LogP contribution is 2.37. The van der Waals surface area contributed by atoms with Gasteiger partial charge in [0.15, 0.2) is 11.5 Å². The van der Waals surface area contributed by atoms with E-state index in [0.717, 1.165) is 38.3 Å². The molecule has 1 N–H and O–H groups in total. The predicted molar refractivity (Wildman–Crippen MR) is 79.8 cm³/mol. The molecule has 1 fully saturated rings. The van der Waals surface area contributed by atoms with E-state index in [4.69, 9.17) is 25.8 Å². The summed E-state index contributed by atoms with van der Waals surface area (Å²) in [6.07, 6.45) is 2.32. The molecule has 0 saturated carbocycles. The van der Waals surface area contributed by atoms with Crippen LogP contribution in [0.2, 0.25) is 5.02 Å². The van der Waals surface area contributed by atoms with Gasteiger partial charge in [0.05, 0.1) is 19.2 Å². The zero-order valence-electron chi connectivity index (χ0n) is 12.1. The van der Waals surface area contributed by atoms with E-state index in [2.05, 4.69) is 5.32 Å². The number of ether oxygens (including phenoxy) is 3. The summed E-state index contributed by atoms with van der Waals surface area (Å²) in [7, 11) is 3.21. The molecule has 20 heavy (non-hydrogen) atoms. The molecule has 1 saturated heterocycles. The van der Waals surface area contributed by atoms with Crippen LogP contribution in [0.4, 0.5) is 0 Å². The molecule has 1 atom stereocenters. The molecular formula is C15H22ClNO3. The Kier molecular flexibility index (Phi) is 5.95. The Morgan fingerprint density at radius 1 is 1.35 bits per heavy atom. The highest BCUT2D eigenvalue weighted by Gasteiger charge is 2.15. The molecule has 4 nitrogen and oxygen atoms in total. The maximum atomic E-state index is 6.33. The number of hydrogen-bond donors (Lipinski definition) is 1. The first-order valence-electron chi connectivity index (χ1n) is 6.94. The molecule has 0 amide bonds. The van der Waals surface area contributed by atoms with Crippen molar-refractivity contribution in [2.24, 2.45) is 5.92 Å². The van der Waals surface area contributed by atoms with Gasteiger partial charge in [-0.3, -0.25) is 0 Å². The molecule has 112 valence electrons. The predicted octanol–water partition coefficient (Wildman–Crippen LogP) is 2.87. The first-order valence-corrected chi connectivity index (χ1v) is 7.32. The van der Waals surface area contributed by atoms with Crippen LogP contribution in [0, 0.1) is 5.92 Å². The van der Waals surface area contributed by atoms with Gasteiger partial charge in [-0.2, -0.15) is 0 Å². The number of halogens is 1. The van der Waals surface area contributed by atoms with Gasteiger partial charge in [0, 0.05) is 19.8 Å². The topological polar surface area (TPSA) is 39.7 Å². The van der Waals surface area contributed by atoms with E-state index >= 15 is 0 Å². The van der Waals surface area contributed by atoms with Crippen molar-refractivity contribution in [3.05, 3.63) is 22.7 Å². The summed E-state index contributed by atoms with van der Waals surface area (Å²) in [5, 5.41) is 4.04. The molecule has 0 bridgehead atoms. The van der Waals surface area contributed by atoms with Gasteiger partial charge in [-0.15, -0.1) is 0 Å². The van der Waals surface area contributed by atoms with Crippen LogP contribution in [-0.4, -0.2) is 34.0 Å². The Hall–Kier alpha value is -0.970. The zero-order valence-corrected chi connectivity index (χ0v) is 12.8. The third kappa shape index (κ3) is 3.78. The van der Waals surface area contributed by atoms with E-state index in [0.29, 0.717) is 22.4 Å². The lowest BCUT2D eigenvalue weighted by atomic mass is 10.1. The minimum Gasteiger partial charge on any atom is -0.493 e. The molecule has 0 spiro atoms. The molecule has 0 radical (unpaired) electrons. The number of rotatable bonds is 7. The maximum absolute atomic E-state index is 6.33. The minimum atomic E-state index is 0.595. The van der Waals surface area contributed by atoms with Crippen LogP contribution in [0.3, 0.4) is 0 Å². The Labute approximate surface area is 125 Å². The van der Waals surface area contributed by atoms with Crippen LogP contribution in [0.5, 0.6) is 11.5 Å². The number of benzene rings is 1. The van der Waals surface area contributed by atoms with Gasteiger partial charge < -0.3 is 19.5 Å². The second-order valence-corrected chi connectivity index (χ2v) is 5.35. The van der Waals surface area contributed by atoms with Crippen molar-refractivity contribution in [2.45, 2.75) is 19.4 Å². The third-order valence-corrected chi connectivity index (χ3v) is 4.05. The second-order valence-electron chi connectivity index (χ2n) is 4.97. The smallest absolute Gasteiger partial charge is 0.179 e. The normalized spacial score (nSPS) is 18.2. The fraction of sp³-hybridized carbons (Fsp3) is 0.600. The van der Waals surface area contributed by atoms with Crippen molar-refractivity contribution in [1.29, 1.82) is 0 Å². The van der Waals surface area contributed by atoms with Crippen molar-refractivity contribution in [2.75, 3.05) is 34.0 Å². The van der Waals surface area contributed by atoms with Gasteiger partial charge in [-0.05, 0) is 36.9 Å².